The van der Waals surface area contributed by atoms with Gasteiger partial charge in [-0.25, -0.2) is 13.2 Å². The average Bonchev–Trinajstić information content (AvgIpc) is 2.52. The molecule has 2 N–H and O–H groups in total. The molecule has 1 amide bonds. The number of carbonyl (C=O) groups is 1. The third-order valence-corrected chi connectivity index (χ3v) is 3.20. The van der Waals surface area contributed by atoms with E-state index in [1.54, 1.807) is 0 Å². The number of carbonyl (C=O) groups excluding carboxylic acids is 1. The van der Waals surface area contributed by atoms with Gasteiger partial charge in [0.25, 0.3) is 11.6 Å². The molecule has 2 aromatic rings. The van der Waals surface area contributed by atoms with Crippen LogP contribution in [-0.4, -0.2) is 22.5 Å². The maximum atomic E-state index is 13.7. The largest absolute Gasteiger partial charge is 0.386 e. The monoisotopic (exact) mass is 340 g/mol. The van der Waals surface area contributed by atoms with Gasteiger partial charge in [0.05, 0.1) is 22.1 Å². The van der Waals surface area contributed by atoms with E-state index < -0.39 is 57.7 Å². The van der Waals surface area contributed by atoms with Crippen LogP contribution in [0.1, 0.15) is 22.0 Å². The van der Waals surface area contributed by atoms with Crippen LogP contribution < -0.4 is 5.32 Å². The topological polar surface area (TPSA) is 92.5 Å². The summed E-state index contributed by atoms with van der Waals surface area (Å²) >= 11 is 0. The van der Waals surface area contributed by atoms with Gasteiger partial charge in [-0.3, -0.25) is 14.9 Å². The van der Waals surface area contributed by atoms with E-state index in [1.165, 1.54) is 0 Å². The molecule has 0 aromatic heterocycles. The SMILES string of the molecule is O=C(NCC(O)c1c(F)cccc1F)c1ccc([N+](=O)[O-])cc1F. The molecule has 24 heavy (non-hydrogen) atoms. The van der Waals surface area contributed by atoms with Gasteiger partial charge in [-0.2, -0.15) is 0 Å². The number of aliphatic hydroxyl groups is 1. The summed E-state index contributed by atoms with van der Waals surface area (Å²) < 4.78 is 40.7. The predicted molar refractivity (Wildman–Crippen MR) is 76.7 cm³/mol. The maximum absolute atomic E-state index is 13.7. The van der Waals surface area contributed by atoms with Crippen molar-refractivity contribution in [1.29, 1.82) is 0 Å². The second-order valence-corrected chi connectivity index (χ2v) is 4.78. The Morgan fingerprint density at radius 1 is 1.17 bits per heavy atom. The molecule has 2 aromatic carbocycles. The Balaban J connectivity index is 2.09. The number of hydrogen-bond donors (Lipinski definition) is 2. The van der Waals surface area contributed by atoms with Crippen LogP contribution in [0.15, 0.2) is 36.4 Å². The zero-order valence-electron chi connectivity index (χ0n) is 12.0. The molecule has 0 aliphatic carbocycles. The van der Waals surface area contributed by atoms with Crippen LogP contribution in [0.4, 0.5) is 18.9 Å². The lowest BCUT2D eigenvalue weighted by atomic mass is 10.1. The summed E-state index contributed by atoms with van der Waals surface area (Å²) in [5.74, 6) is -4.09. The minimum absolute atomic E-state index is 0.498. The maximum Gasteiger partial charge on any atom is 0.272 e. The van der Waals surface area contributed by atoms with E-state index in [-0.39, 0.29) is 0 Å². The zero-order chi connectivity index (χ0) is 17.9. The highest BCUT2D eigenvalue weighted by atomic mass is 19.1. The minimum Gasteiger partial charge on any atom is -0.386 e. The quantitative estimate of drug-likeness (QED) is 0.646. The fourth-order valence-corrected chi connectivity index (χ4v) is 2.02. The molecule has 2 rings (SSSR count). The Kier molecular flexibility index (Phi) is 5.14. The van der Waals surface area contributed by atoms with Crippen LogP contribution in [-0.2, 0) is 0 Å². The predicted octanol–water partition coefficient (Wildman–Crippen LogP) is 2.48. The van der Waals surface area contributed by atoms with E-state index in [0.717, 1.165) is 30.3 Å². The van der Waals surface area contributed by atoms with Crippen LogP contribution >= 0.6 is 0 Å². The van der Waals surface area contributed by atoms with E-state index in [9.17, 15) is 33.2 Å². The van der Waals surface area contributed by atoms with Crippen molar-refractivity contribution < 1.29 is 28.0 Å². The summed E-state index contributed by atoms with van der Waals surface area (Å²) in [5.41, 5.74) is -1.65. The number of non-ortho nitro benzene ring substituents is 1. The van der Waals surface area contributed by atoms with Gasteiger partial charge in [0.15, 0.2) is 0 Å². The first-order valence-corrected chi connectivity index (χ1v) is 6.65. The lowest BCUT2D eigenvalue weighted by Crippen LogP contribution is -2.29. The molecule has 6 nitrogen and oxygen atoms in total. The first-order valence-electron chi connectivity index (χ1n) is 6.65. The molecule has 0 saturated heterocycles. The summed E-state index contributed by atoms with van der Waals surface area (Å²) in [7, 11) is 0. The molecule has 0 aliphatic rings. The fraction of sp³-hybridized carbons (Fsp3) is 0.133. The second-order valence-electron chi connectivity index (χ2n) is 4.78. The standard InChI is InChI=1S/C15H11F3N2O4/c16-10-2-1-3-11(17)14(10)13(21)7-19-15(22)9-5-4-8(20(23)24)6-12(9)18/h1-6,13,21H,7H2,(H,19,22). The second kappa shape index (κ2) is 7.09. The van der Waals surface area contributed by atoms with E-state index >= 15 is 0 Å². The van der Waals surface area contributed by atoms with E-state index in [0.29, 0.717) is 6.07 Å². The summed E-state index contributed by atoms with van der Waals surface area (Å²) in [6.07, 6.45) is -1.68. The Hall–Kier alpha value is -2.94. The number of rotatable bonds is 5. The van der Waals surface area contributed by atoms with Crippen molar-refractivity contribution in [2.45, 2.75) is 6.10 Å². The van der Waals surface area contributed by atoms with Crippen LogP contribution in [0.5, 0.6) is 0 Å². The zero-order valence-corrected chi connectivity index (χ0v) is 12.0. The number of amides is 1. The molecule has 0 bridgehead atoms. The van der Waals surface area contributed by atoms with Crippen molar-refractivity contribution in [3.63, 3.8) is 0 Å². The first-order chi connectivity index (χ1) is 11.3. The van der Waals surface area contributed by atoms with Gasteiger partial charge in [0.2, 0.25) is 0 Å². The Morgan fingerprint density at radius 2 is 1.79 bits per heavy atom. The van der Waals surface area contributed by atoms with Gasteiger partial charge in [-0.05, 0) is 18.2 Å². The van der Waals surface area contributed by atoms with Gasteiger partial charge < -0.3 is 10.4 Å². The molecule has 0 spiro atoms. The number of nitro benzene ring substituents is 1. The van der Waals surface area contributed by atoms with Crippen molar-refractivity contribution in [2.75, 3.05) is 6.54 Å². The van der Waals surface area contributed by atoms with Crippen LogP contribution in [0.3, 0.4) is 0 Å². The van der Waals surface area contributed by atoms with Crippen LogP contribution in [0, 0.1) is 27.6 Å². The third kappa shape index (κ3) is 3.69. The van der Waals surface area contributed by atoms with Crippen molar-refractivity contribution in [3.8, 4) is 0 Å². The summed E-state index contributed by atoms with van der Waals surface area (Å²) in [6, 6.07) is 5.41. The molecule has 1 atom stereocenters. The number of benzene rings is 2. The van der Waals surface area contributed by atoms with Crippen LogP contribution in [0.2, 0.25) is 0 Å². The first kappa shape index (κ1) is 17.4. The average molecular weight is 340 g/mol. The molecule has 126 valence electrons. The van der Waals surface area contributed by atoms with Gasteiger partial charge in [0.1, 0.15) is 23.6 Å². The van der Waals surface area contributed by atoms with Gasteiger partial charge in [0, 0.05) is 12.6 Å². The van der Waals surface area contributed by atoms with E-state index in [4.69, 9.17) is 0 Å². The fourth-order valence-electron chi connectivity index (χ4n) is 2.02. The Labute approximate surface area is 133 Å². The van der Waals surface area contributed by atoms with E-state index in [2.05, 4.69) is 5.32 Å². The van der Waals surface area contributed by atoms with Crippen molar-refractivity contribution >= 4 is 11.6 Å². The molecule has 0 radical (unpaired) electrons. The number of hydrogen-bond acceptors (Lipinski definition) is 4. The smallest absolute Gasteiger partial charge is 0.272 e. The number of nitro groups is 1. The van der Waals surface area contributed by atoms with Gasteiger partial charge >= 0.3 is 0 Å². The Bertz CT molecular complexity index is 778. The number of nitrogens with one attached hydrogen (secondary N) is 1. The number of halogens is 3. The Morgan fingerprint density at radius 3 is 2.33 bits per heavy atom. The molecule has 9 heteroatoms. The molecular weight excluding hydrogens is 329 g/mol. The molecule has 1 unspecified atom stereocenters. The van der Waals surface area contributed by atoms with Crippen molar-refractivity contribution in [3.05, 3.63) is 75.1 Å². The summed E-state index contributed by atoms with van der Waals surface area (Å²) in [4.78, 5) is 21.5. The van der Waals surface area contributed by atoms with Crippen molar-refractivity contribution in [1.82, 2.24) is 5.32 Å². The highest BCUT2D eigenvalue weighted by Crippen LogP contribution is 2.20. The van der Waals surface area contributed by atoms with Crippen LogP contribution in [0.25, 0.3) is 0 Å². The highest BCUT2D eigenvalue weighted by Gasteiger charge is 2.20. The van der Waals surface area contributed by atoms with Gasteiger partial charge in [-0.1, -0.05) is 6.07 Å². The normalized spacial score (nSPS) is 11.8. The molecule has 0 heterocycles. The number of aliphatic hydroxyl groups excluding tert-OH is 1. The molecular formula is C15H11F3N2O4. The van der Waals surface area contributed by atoms with Gasteiger partial charge in [-0.15, -0.1) is 0 Å². The minimum atomic E-state index is -1.68. The lowest BCUT2D eigenvalue weighted by Gasteiger charge is -2.14. The molecule has 0 saturated carbocycles. The summed E-state index contributed by atoms with van der Waals surface area (Å²) in [6.45, 7) is -0.576. The van der Waals surface area contributed by atoms with Crippen molar-refractivity contribution in [2.24, 2.45) is 0 Å². The summed E-state index contributed by atoms with van der Waals surface area (Å²) in [5, 5.41) is 22.4. The number of nitrogens with zero attached hydrogens (tertiary/aromatic N) is 1. The third-order valence-electron chi connectivity index (χ3n) is 3.20. The highest BCUT2D eigenvalue weighted by molar-refractivity contribution is 5.94. The molecule has 0 fully saturated rings. The van der Waals surface area contributed by atoms with E-state index in [1.807, 2.05) is 0 Å². The lowest BCUT2D eigenvalue weighted by molar-refractivity contribution is -0.385. The molecule has 0 aliphatic heterocycles.